The number of nitrogens with one attached hydrogen (secondary N) is 1. The third kappa shape index (κ3) is 67.1. The maximum absolute atomic E-state index is 12.6. The van der Waals surface area contributed by atoms with Gasteiger partial charge in [0.15, 0.2) is 0 Å². The van der Waals surface area contributed by atoms with Gasteiger partial charge in [-0.05, 0) is 83.5 Å². The number of aliphatic hydroxyl groups is 2. The van der Waals surface area contributed by atoms with Crippen molar-refractivity contribution in [2.45, 2.75) is 418 Å². The second-order valence-corrected chi connectivity index (χ2v) is 25.3. The Morgan fingerprint density at radius 2 is 0.617 bits per heavy atom. The van der Waals surface area contributed by atoms with Crippen LogP contribution in [0.2, 0.25) is 0 Å². The minimum Gasteiger partial charge on any atom is -0.466 e. The molecule has 0 aromatic rings. The van der Waals surface area contributed by atoms with Gasteiger partial charge in [-0.2, -0.15) is 0 Å². The van der Waals surface area contributed by atoms with E-state index in [0.717, 1.165) is 51.4 Å². The summed E-state index contributed by atoms with van der Waals surface area (Å²) >= 11 is 0. The Morgan fingerprint density at radius 3 is 0.963 bits per heavy atom. The summed E-state index contributed by atoms with van der Waals surface area (Å²) in [5.74, 6) is -0.0354. The van der Waals surface area contributed by atoms with Gasteiger partial charge in [-0.25, -0.2) is 0 Å². The van der Waals surface area contributed by atoms with Gasteiger partial charge in [-0.3, -0.25) is 9.59 Å². The number of hydrogen-bond donors (Lipinski definition) is 3. The number of rotatable bonds is 69. The molecule has 0 aromatic heterocycles. The molecule has 0 aliphatic carbocycles. The molecular formula is C75H143NO5. The highest BCUT2D eigenvalue weighted by atomic mass is 16.5. The molecule has 0 bridgehead atoms. The van der Waals surface area contributed by atoms with Crippen LogP contribution in [0.1, 0.15) is 406 Å². The summed E-state index contributed by atoms with van der Waals surface area (Å²) in [6.45, 7) is 4.96. The average molecular weight is 1140 g/mol. The van der Waals surface area contributed by atoms with Gasteiger partial charge in [0, 0.05) is 12.8 Å². The molecule has 2 unspecified atom stereocenters. The number of aliphatic hydroxyl groups excluding tert-OH is 2. The molecule has 0 saturated carbocycles. The Morgan fingerprint density at radius 1 is 0.346 bits per heavy atom. The van der Waals surface area contributed by atoms with E-state index >= 15 is 0 Å². The molecule has 81 heavy (non-hydrogen) atoms. The quantitative estimate of drug-likeness (QED) is 0.0320. The summed E-state index contributed by atoms with van der Waals surface area (Å²) in [5, 5.41) is 23.5. The summed E-state index contributed by atoms with van der Waals surface area (Å²) in [6, 6.07) is -0.547. The Labute approximate surface area is 506 Å². The highest BCUT2D eigenvalue weighted by molar-refractivity contribution is 5.76. The first-order chi connectivity index (χ1) is 40.0. The van der Waals surface area contributed by atoms with E-state index in [-0.39, 0.29) is 18.5 Å². The minimum absolute atomic E-state index is 0.000188. The zero-order chi connectivity index (χ0) is 58.5. The maximum Gasteiger partial charge on any atom is 0.305 e. The van der Waals surface area contributed by atoms with Gasteiger partial charge in [0.05, 0.1) is 25.4 Å². The third-order valence-corrected chi connectivity index (χ3v) is 17.2. The Bertz CT molecular complexity index is 1310. The summed E-state index contributed by atoms with van der Waals surface area (Å²) < 4.78 is 5.49. The first-order valence-electron chi connectivity index (χ1n) is 36.7. The number of allylic oxidation sites excluding steroid dienone is 6. The van der Waals surface area contributed by atoms with E-state index in [1.54, 1.807) is 0 Å². The van der Waals surface area contributed by atoms with Crippen molar-refractivity contribution in [2.24, 2.45) is 0 Å². The largest absolute Gasteiger partial charge is 0.466 e. The Hall–Kier alpha value is -1.92. The molecule has 478 valence electrons. The van der Waals surface area contributed by atoms with Crippen molar-refractivity contribution in [3.8, 4) is 0 Å². The van der Waals surface area contributed by atoms with E-state index < -0.39 is 12.1 Å². The van der Waals surface area contributed by atoms with Gasteiger partial charge in [0.25, 0.3) is 0 Å². The van der Waals surface area contributed by atoms with Crippen molar-refractivity contribution in [1.29, 1.82) is 0 Å². The molecule has 6 nitrogen and oxygen atoms in total. The molecule has 0 aliphatic heterocycles. The number of carbonyl (C=O) groups is 2. The average Bonchev–Trinajstić information content (AvgIpc) is 3.47. The standard InChI is InChI=1S/C75H143NO5/c1-3-5-7-9-11-13-15-17-19-21-22-23-24-27-30-33-36-39-43-47-51-55-59-63-67-73(78)72(71-77)76-74(79)68-64-60-56-52-48-44-40-37-34-31-28-25-26-29-32-35-38-42-46-50-54-58-62-66-70-81-75(80)69-65-61-57-53-49-45-41-20-18-16-14-12-10-8-6-4-2/h14,16,20,28,31,41,72-73,77-78H,3-13,15,17-19,21-27,29-30,32-40,42-71H2,1-2H3,(H,76,79)/b16-14-,31-28-,41-20-. The van der Waals surface area contributed by atoms with Crippen molar-refractivity contribution in [3.05, 3.63) is 36.5 Å². The van der Waals surface area contributed by atoms with Crippen molar-refractivity contribution < 1.29 is 24.5 Å². The SMILES string of the molecule is CCCCCC/C=C\C/C=C\CCCCCCCC(=O)OCCCCCCCCCCCCCC/C=C\CCCCCCCCCCC(=O)NC(CO)C(O)CCCCCCCCCCCCCCCCCCCCCCCCCC. The number of carbonyl (C=O) groups excluding carboxylic acids is 2. The molecule has 0 saturated heterocycles. The van der Waals surface area contributed by atoms with Crippen molar-refractivity contribution in [1.82, 2.24) is 5.32 Å². The van der Waals surface area contributed by atoms with Gasteiger partial charge in [0.1, 0.15) is 0 Å². The molecule has 0 fully saturated rings. The van der Waals surface area contributed by atoms with E-state index in [0.29, 0.717) is 25.9 Å². The zero-order valence-corrected chi connectivity index (χ0v) is 54.8. The van der Waals surface area contributed by atoms with Gasteiger partial charge in [-0.1, -0.05) is 346 Å². The molecule has 1 amide bonds. The zero-order valence-electron chi connectivity index (χ0n) is 54.8. The number of ether oxygens (including phenoxy) is 1. The highest BCUT2D eigenvalue weighted by Crippen LogP contribution is 2.19. The summed E-state index contributed by atoms with van der Waals surface area (Å²) in [6.07, 6.45) is 90.5. The highest BCUT2D eigenvalue weighted by Gasteiger charge is 2.20. The van der Waals surface area contributed by atoms with Crippen LogP contribution in [0, 0.1) is 0 Å². The van der Waals surface area contributed by atoms with E-state index in [9.17, 15) is 19.8 Å². The fourth-order valence-electron chi connectivity index (χ4n) is 11.6. The van der Waals surface area contributed by atoms with E-state index in [2.05, 4.69) is 55.6 Å². The lowest BCUT2D eigenvalue weighted by atomic mass is 10.0. The summed E-state index contributed by atoms with van der Waals surface area (Å²) in [7, 11) is 0. The molecule has 6 heteroatoms. The van der Waals surface area contributed by atoms with Crippen LogP contribution in [-0.4, -0.2) is 47.4 Å². The number of amides is 1. The van der Waals surface area contributed by atoms with E-state index in [1.807, 2.05) is 0 Å². The topological polar surface area (TPSA) is 95.9 Å². The molecule has 2 atom stereocenters. The van der Waals surface area contributed by atoms with Crippen LogP contribution in [0.4, 0.5) is 0 Å². The predicted molar refractivity (Wildman–Crippen MR) is 356 cm³/mol. The van der Waals surface area contributed by atoms with Crippen LogP contribution >= 0.6 is 0 Å². The van der Waals surface area contributed by atoms with Gasteiger partial charge in [-0.15, -0.1) is 0 Å². The molecule has 0 rings (SSSR count). The lowest BCUT2D eigenvalue weighted by molar-refractivity contribution is -0.143. The predicted octanol–water partition coefficient (Wildman–Crippen LogP) is 23.9. The van der Waals surface area contributed by atoms with Crippen LogP contribution in [0.5, 0.6) is 0 Å². The van der Waals surface area contributed by atoms with Crippen molar-refractivity contribution >= 4 is 11.9 Å². The van der Waals surface area contributed by atoms with Gasteiger partial charge in [0.2, 0.25) is 5.91 Å². The van der Waals surface area contributed by atoms with Gasteiger partial charge >= 0.3 is 5.97 Å². The molecule has 3 N–H and O–H groups in total. The fourth-order valence-corrected chi connectivity index (χ4v) is 11.6. The van der Waals surface area contributed by atoms with Crippen LogP contribution < -0.4 is 5.32 Å². The lowest BCUT2D eigenvalue weighted by Gasteiger charge is -2.22. The normalized spacial score (nSPS) is 12.7. The summed E-state index contributed by atoms with van der Waals surface area (Å²) in [4.78, 5) is 24.6. The first kappa shape index (κ1) is 79.1. The molecule has 0 aliphatic rings. The molecule has 0 heterocycles. The molecule has 0 radical (unpaired) electrons. The van der Waals surface area contributed by atoms with Crippen LogP contribution in [-0.2, 0) is 14.3 Å². The number of unbranched alkanes of at least 4 members (excludes halogenated alkanes) is 52. The van der Waals surface area contributed by atoms with Gasteiger partial charge < -0.3 is 20.3 Å². The van der Waals surface area contributed by atoms with Crippen LogP contribution in [0.25, 0.3) is 0 Å². The lowest BCUT2D eigenvalue weighted by Crippen LogP contribution is -2.45. The maximum atomic E-state index is 12.6. The fraction of sp³-hybridized carbons (Fsp3) is 0.893. The second-order valence-electron chi connectivity index (χ2n) is 25.3. The number of esters is 1. The van der Waals surface area contributed by atoms with Crippen molar-refractivity contribution in [2.75, 3.05) is 13.2 Å². The third-order valence-electron chi connectivity index (χ3n) is 17.2. The molecule has 0 spiro atoms. The molecular weight excluding hydrogens is 995 g/mol. The smallest absolute Gasteiger partial charge is 0.305 e. The second kappa shape index (κ2) is 70.6. The monoisotopic (exact) mass is 1140 g/mol. The number of hydrogen-bond acceptors (Lipinski definition) is 5. The summed E-state index contributed by atoms with van der Waals surface area (Å²) in [5.41, 5.74) is 0. The first-order valence-corrected chi connectivity index (χ1v) is 36.7. The van der Waals surface area contributed by atoms with E-state index in [4.69, 9.17) is 4.74 Å². The Kier molecular flexibility index (Phi) is 68.9. The Balaban J connectivity index is 3.41. The molecule has 0 aromatic carbocycles. The van der Waals surface area contributed by atoms with E-state index in [1.165, 1.54) is 321 Å². The van der Waals surface area contributed by atoms with Crippen LogP contribution in [0.15, 0.2) is 36.5 Å². The van der Waals surface area contributed by atoms with Crippen molar-refractivity contribution in [3.63, 3.8) is 0 Å². The van der Waals surface area contributed by atoms with Crippen LogP contribution in [0.3, 0.4) is 0 Å². The minimum atomic E-state index is -0.669.